The molecule has 2 N–H and O–H groups in total. The highest BCUT2D eigenvalue weighted by atomic mass is 16.3. The summed E-state index contributed by atoms with van der Waals surface area (Å²) in [6, 6.07) is 1.65. The fourth-order valence-corrected chi connectivity index (χ4v) is 0.975. The van der Waals surface area contributed by atoms with Crippen LogP contribution in [0.15, 0.2) is 12.3 Å². The summed E-state index contributed by atoms with van der Waals surface area (Å²) >= 11 is 0. The lowest BCUT2D eigenvalue weighted by molar-refractivity contribution is 0.482. The average Bonchev–Trinajstić information content (AvgIpc) is 2.53. The molecule has 0 aliphatic carbocycles. The maximum atomic E-state index is 9.40. The monoisotopic (exact) mass is 160 g/mol. The first kappa shape index (κ1) is 6.61. The highest BCUT2D eigenvalue weighted by molar-refractivity contribution is 5.86. The summed E-state index contributed by atoms with van der Waals surface area (Å²) in [5.74, 6) is -0.182. The van der Waals surface area contributed by atoms with E-state index in [1.807, 2.05) is 0 Å². The van der Waals surface area contributed by atoms with Crippen LogP contribution in [0.25, 0.3) is 15.9 Å². The van der Waals surface area contributed by atoms with Crippen molar-refractivity contribution < 1.29 is 5.11 Å². The largest absolute Gasteiger partial charge is 0.517 e. The fraction of sp³-hybridized carbons (Fsp3) is 0. The first-order valence-corrected chi connectivity index (χ1v) is 3.23. The van der Waals surface area contributed by atoms with E-state index in [0.717, 1.165) is 0 Å². The standard InChI is InChI=1S/C7H4N4O/c1-8-7-5(12)4-2-3-9-6(4)10-11-7/h2-3H,(H2,9,10,12). The van der Waals surface area contributed by atoms with Crippen molar-refractivity contribution in [3.05, 3.63) is 23.7 Å². The van der Waals surface area contributed by atoms with Crippen molar-refractivity contribution in [2.24, 2.45) is 0 Å². The van der Waals surface area contributed by atoms with Crippen LogP contribution >= 0.6 is 0 Å². The van der Waals surface area contributed by atoms with Gasteiger partial charge in [-0.15, -0.1) is 0 Å². The van der Waals surface area contributed by atoms with Gasteiger partial charge in [-0.25, -0.2) is 0 Å². The third kappa shape index (κ3) is 0.720. The van der Waals surface area contributed by atoms with Gasteiger partial charge >= 0.3 is 5.82 Å². The quantitative estimate of drug-likeness (QED) is 0.569. The molecule has 58 valence electrons. The number of aromatic amines is 1. The van der Waals surface area contributed by atoms with Crippen molar-refractivity contribution in [2.45, 2.75) is 0 Å². The van der Waals surface area contributed by atoms with Gasteiger partial charge < -0.3 is 14.9 Å². The van der Waals surface area contributed by atoms with Crippen molar-refractivity contribution >= 4 is 16.9 Å². The molecule has 0 saturated heterocycles. The zero-order chi connectivity index (χ0) is 8.55. The second kappa shape index (κ2) is 2.20. The summed E-state index contributed by atoms with van der Waals surface area (Å²) in [6.45, 7) is 6.67. The SMILES string of the molecule is [C-]#[N+]c1nnc2[nH]ccc2c1O. The van der Waals surface area contributed by atoms with Crippen molar-refractivity contribution in [3.63, 3.8) is 0 Å². The van der Waals surface area contributed by atoms with Gasteiger partial charge in [0.15, 0.2) is 11.4 Å². The van der Waals surface area contributed by atoms with Gasteiger partial charge in [0.25, 0.3) is 0 Å². The highest BCUT2D eigenvalue weighted by Gasteiger charge is 2.09. The fourth-order valence-electron chi connectivity index (χ4n) is 0.975. The van der Waals surface area contributed by atoms with Crippen molar-refractivity contribution in [3.8, 4) is 5.75 Å². The molecule has 0 aromatic carbocycles. The van der Waals surface area contributed by atoms with E-state index in [2.05, 4.69) is 20.0 Å². The van der Waals surface area contributed by atoms with Gasteiger partial charge in [-0.3, -0.25) is 0 Å². The van der Waals surface area contributed by atoms with Gasteiger partial charge in [-0.05, 0) is 11.2 Å². The summed E-state index contributed by atoms with van der Waals surface area (Å²) in [4.78, 5) is 5.79. The first-order chi connectivity index (χ1) is 5.83. The average molecular weight is 160 g/mol. The molecule has 2 aromatic rings. The highest BCUT2D eigenvalue weighted by Crippen LogP contribution is 2.29. The summed E-state index contributed by atoms with van der Waals surface area (Å²) in [5.41, 5.74) is 0.486. The van der Waals surface area contributed by atoms with E-state index in [1.54, 1.807) is 12.3 Å². The second-order valence-corrected chi connectivity index (χ2v) is 2.22. The minimum atomic E-state index is -0.115. The number of nitrogens with zero attached hydrogens (tertiary/aromatic N) is 3. The molecule has 0 radical (unpaired) electrons. The van der Waals surface area contributed by atoms with Crippen LogP contribution in [0.3, 0.4) is 0 Å². The van der Waals surface area contributed by atoms with Crippen LogP contribution in [0.2, 0.25) is 0 Å². The van der Waals surface area contributed by atoms with Crippen LogP contribution < -0.4 is 0 Å². The third-order valence-corrected chi connectivity index (χ3v) is 1.54. The summed E-state index contributed by atoms with van der Waals surface area (Å²) < 4.78 is 0. The number of fused-ring (bicyclic) bond motifs is 1. The Kier molecular flexibility index (Phi) is 1.21. The van der Waals surface area contributed by atoms with Gasteiger partial charge in [0.2, 0.25) is 0 Å². The molecule has 0 unspecified atom stereocenters. The topological polar surface area (TPSA) is 66.2 Å². The van der Waals surface area contributed by atoms with Gasteiger partial charge in [0.1, 0.15) is 0 Å². The molecule has 0 fully saturated rings. The molecular formula is C7H4N4O. The number of rotatable bonds is 0. The number of hydrogen-bond donors (Lipinski definition) is 2. The van der Waals surface area contributed by atoms with Crippen LogP contribution in [0.4, 0.5) is 5.82 Å². The van der Waals surface area contributed by atoms with Crippen molar-refractivity contribution in [1.29, 1.82) is 0 Å². The molecule has 0 bridgehead atoms. The third-order valence-electron chi connectivity index (χ3n) is 1.54. The molecule has 0 amide bonds. The van der Waals surface area contributed by atoms with Gasteiger partial charge in [0, 0.05) is 11.3 Å². The predicted octanol–water partition coefficient (Wildman–Crippen LogP) is 1.21. The maximum absolute atomic E-state index is 9.40. The zero-order valence-corrected chi connectivity index (χ0v) is 5.94. The Morgan fingerprint density at radius 3 is 3.08 bits per heavy atom. The van der Waals surface area contributed by atoms with Crippen LogP contribution in [0.1, 0.15) is 0 Å². The van der Waals surface area contributed by atoms with Crippen molar-refractivity contribution in [1.82, 2.24) is 15.2 Å². The molecule has 12 heavy (non-hydrogen) atoms. The van der Waals surface area contributed by atoms with Crippen LogP contribution in [0, 0.1) is 6.57 Å². The molecule has 0 aliphatic rings. The Hall–Kier alpha value is -2.09. The number of hydrogen-bond acceptors (Lipinski definition) is 3. The number of nitrogens with one attached hydrogen (secondary N) is 1. The second-order valence-electron chi connectivity index (χ2n) is 2.22. The number of H-pyrrole nitrogens is 1. The lowest BCUT2D eigenvalue weighted by atomic mass is 10.3. The normalized spacial score (nSPS) is 9.92. The Labute approximate surface area is 67.5 Å². The Morgan fingerprint density at radius 2 is 2.33 bits per heavy atom. The molecular weight excluding hydrogens is 156 g/mol. The smallest absolute Gasteiger partial charge is 0.338 e. The zero-order valence-electron chi connectivity index (χ0n) is 5.94. The molecule has 0 atom stereocenters. The van der Waals surface area contributed by atoms with Crippen LogP contribution in [-0.4, -0.2) is 20.3 Å². The minimum Gasteiger partial charge on any atom is -0.517 e. The summed E-state index contributed by atoms with van der Waals surface area (Å²) in [5, 5.41) is 17.1. The van der Waals surface area contributed by atoms with E-state index in [-0.39, 0.29) is 11.6 Å². The van der Waals surface area contributed by atoms with Gasteiger partial charge in [-0.1, -0.05) is 6.57 Å². The molecule has 5 heteroatoms. The van der Waals surface area contributed by atoms with E-state index < -0.39 is 0 Å². The molecule has 2 aromatic heterocycles. The van der Waals surface area contributed by atoms with Crippen LogP contribution in [0.5, 0.6) is 5.75 Å². The Bertz CT molecular complexity index is 468. The van der Waals surface area contributed by atoms with E-state index in [4.69, 9.17) is 6.57 Å². The van der Waals surface area contributed by atoms with E-state index in [0.29, 0.717) is 11.0 Å². The van der Waals surface area contributed by atoms with Crippen LogP contribution in [-0.2, 0) is 0 Å². The molecule has 2 rings (SSSR count). The predicted molar refractivity (Wildman–Crippen MR) is 41.8 cm³/mol. The lowest BCUT2D eigenvalue weighted by Crippen LogP contribution is -1.82. The number of aromatic nitrogens is 3. The molecule has 0 saturated carbocycles. The summed E-state index contributed by atoms with van der Waals surface area (Å²) in [7, 11) is 0. The lowest BCUT2D eigenvalue weighted by Gasteiger charge is -1.92. The Morgan fingerprint density at radius 1 is 1.50 bits per heavy atom. The first-order valence-electron chi connectivity index (χ1n) is 3.23. The minimum absolute atomic E-state index is 0.0675. The van der Waals surface area contributed by atoms with E-state index >= 15 is 0 Å². The molecule has 0 aliphatic heterocycles. The van der Waals surface area contributed by atoms with Gasteiger partial charge in [-0.2, -0.15) is 0 Å². The molecule has 0 spiro atoms. The molecule has 5 nitrogen and oxygen atoms in total. The van der Waals surface area contributed by atoms with E-state index in [9.17, 15) is 5.11 Å². The van der Waals surface area contributed by atoms with Gasteiger partial charge in [0.05, 0.1) is 5.39 Å². The molecule has 2 heterocycles. The Balaban J connectivity index is 2.89. The van der Waals surface area contributed by atoms with Crippen molar-refractivity contribution in [2.75, 3.05) is 0 Å². The maximum Gasteiger partial charge on any atom is 0.338 e. The number of aromatic hydroxyl groups is 1. The van der Waals surface area contributed by atoms with E-state index in [1.165, 1.54) is 0 Å². The summed E-state index contributed by atoms with van der Waals surface area (Å²) in [6.07, 6.45) is 1.63.